The summed E-state index contributed by atoms with van der Waals surface area (Å²) >= 11 is 1.28. The Bertz CT molecular complexity index is 1240. The molecular formula is C25H27N5O3S. The van der Waals surface area contributed by atoms with Crippen LogP contribution < -0.4 is 15.5 Å². The lowest BCUT2D eigenvalue weighted by Gasteiger charge is -2.17. The maximum Gasteiger partial charge on any atom is 0.257 e. The summed E-state index contributed by atoms with van der Waals surface area (Å²) in [5.41, 5.74) is 4.19. The van der Waals surface area contributed by atoms with Gasteiger partial charge in [-0.2, -0.15) is 0 Å². The molecular weight excluding hydrogens is 450 g/mol. The van der Waals surface area contributed by atoms with E-state index >= 15 is 0 Å². The van der Waals surface area contributed by atoms with Crippen molar-refractivity contribution in [1.29, 1.82) is 0 Å². The van der Waals surface area contributed by atoms with E-state index in [1.807, 2.05) is 39.0 Å². The van der Waals surface area contributed by atoms with Gasteiger partial charge in [0, 0.05) is 42.2 Å². The third kappa shape index (κ3) is 5.31. The molecule has 0 aliphatic carbocycles. The molecule has 2 heterocycles. The lowest BCUT2D eigenvalue weighted by atomic mass is 10.1. The fourth-order valence-corrected chi connectivity index (χ4v) is 4.65. The first-order valence-corrected chi connectivity index (χ1v) is 12.1. The van der Waals surface area contributed by atoms with Gasteiger partial charge in [-0.3, -0.25) is 19.7 Å². The molecule has 8 nitrogen and oxygen atoms in total. The van der Waals surface area contributed by atoms with Crippen LogP contribution in [0, 0.1) is 13.8 Å². The molecule has 4 rings (SSSR count). The molecule has 2 N–H and O–H groups in total. The Balaban J connectivity index is 1.41. The second-order valence-corrected chi connectivity index (χ2v) is 9.46. The number of aromatic nitrogens is 2. The standard InChI is InChI=1S/C25H27N5O3S/c1-4-6-21(31)26-19-8-5-7-17(12-19)23(33)27-25-29-28-24(34-25)18-13-22(32)30(14-18)20-10-9-15(2)16(3)11-20/h5,7-12,18H,4,6,13-14H2,1-3H3,(H,26,31)(H,27,29,33). The van der Waals surface area contributed by atoms with Crippen molar-refractivity contribution < 1.29 is 14.4 Å². The smallest absolute Gasteiger partial charge is 0.257 e. The second kappa shape index (κ2) is 10.1. The molecule has 3 aromatic rings. The summed E-state index contributed by atoms with van der Waals surface area (Å²) in [5, 5.41) is 15.0. The number of nitrogens with one attached hydrogen (secondary N) is 2. The van der Waals surface area contributed by atoms with Crippen molar-refractivity contribution in [2.75, 3.05) is 22.1 Å². The quantitative estimate of drug-likeness (QED) is 0.515. The van der Waals surface area contributed by atoms with Crippen molar-refractivity contribution in [2.24, 2.45) is 0 Å². The van der Waals surface area contributed by atoms with Crippen molar-refractivity contribution in [2.45, 2.75) is 46.0 Å². The summed E-state index contributed by atoms with van der Waals surface area (Å²) in [4.78, 5) is 39.0. The molecule has 1 saturated heterocycles. The van der Waals surface area contributed by atoms with Gasteiger partial charge in [0.05, 0.1) is 0 Å². The maximum atomic E-state index is 12.7. The predicted molar refractivity (Wildman–Crippen MR) is 133 cm³/mol. The second-order valence-electron chi connectivity index (χ2n) is 8.45. The van der Waals surface area contributed by atoms with Gasteiger partial charge < -0.3 is 10.2 Å². The Labute approximate surface area is 202 Å². The molecule has 1 aromatic heterocycles. The maximum absolute atomic E-state index is 12.7. The summed E-state index contributed by atoms with van der Waals surface area (Å²) in [6.45, 7) is 6.54. The molecule has 1 atom stereocenters. The lowest BCUT2D eigenvalue weighted by Crippen LogP contribution is -2.24. The molecule has 0 saturated carbocycles. The molecule has 0 spiro atoms. The van der Waals surface area contributed by atoms with Crippen molar-refractivity contribution in [3.05, 3.63) is 64.2 Å². The lowest BCUT2D eigenvalue weighted by molar-refractivity contribution is -0.117. The molecule has 0 radical (unpaired) electrons. The van der Waals surface area contributed by atoms with E-state index in [2.05, 4.69) is 20.8 Å². The highest BCUT2D eigenvalue weighted by Gasteiger charge is 2.34. The number of carbonyl (C=O) groups is 3. The van der Waals surface area contributed by atoms with E-state index in [9.17, 15) is 14.4 Å². The van der Waals surface area contributed by atoms with Crippen LogP contribution in [0.15, 0.2) is 42.5 Å². The molecule has 1 unspecified atom stereocenters. The number of carbonyl (C=O) groups excluding carboxylic acids is 3. The highest BCUT2D eigenvalue weighted by Crippen LogP contribution is 2.35. The summed E-state index contributed by atoms with van der Waals surface area (Å²) < 4.78 is 0. The van der Waals surface area contributed by atoms with E-state index in [1.54, 1.807) is 29.2 Å². The van der Waals surface area contributed by atoms with Crippen LogP contribution in [0.4, 0.5) is 16.5 Å². The van der Waals surface area contributed by atoms with Crippen molar-refractivity contribution in [3.63, 3.8) is 0 Å². The molecule has 1 aliphatic rings. The minimum absolute atomic E-state index is 0.0518. The van der Waals surface area contributed by atoms with Crippen LogP contribution in [0.2, 0.25) is 0 Å². The summed E-state index contributed by atoms with van der Waals surface area (Å²) in [5.74, 6) is -0.450. The number of hydrogen-bond acceptors (Lipinski definition) is 6. The van der Waals surface area contributed by atoms with Gasteiger partial charge >= 0.3 is 0 Å². The summed E-state index contributed by atoms with van der Waals surface area (Å²) in [6, 6.07) is 12.8. The summed E-state index contributed by atoms with van der Waals surface area (Å²) in [6.07, 6.45) is 1.53. The third-order valence-corrected chi connectivity index (χ3v) is 6.82. The van der Waals surface area contributed by atoms with E-state index < -0.39 is 0 Å². The molecule has 34 heavy (non-hydrogen) atoms. The first-order valence-electron chi connectivity index (χ1n) is 11.3. The number of anilines is 3. The van der Waals surface area contributed by atoms with Gasteiger partial charge in [0.25, 0.3) is 5.91 Å². The van der Waals surface area contributed by atoms with E-state index in [0.29, 0.717) is 35.8 Å². The first-order chi connectivity index (χ1) is 16.3. The minimum atomic E-state index is -0.339. The van der Waals surface area contributed by atoms with Crippen LogP contribution in [0.25, 0.3) is 0 Å². The normalized spacial score (nSPS) is 15.4. The van der Waals surface area contributed by atoms with Crippen molar-refractivity contribution in [1.82, 2.24) is 10.2 Å². The Morgan fingerprint density at radius 3 is 2.68 bits per heavy atom. The molecule has 3 amide bonds. The highest BCUT2D eigenvalue weighted by molar-refractivity contribution is 7.15. The Kier molecular flexibility index (Phi) is 7.02. The van der Waals surface area contributed by atoms with Crippen LogP contribution in [0.1, 0.15) is 58.6 Å². The van der Waals surface area contributed by atoms with Gasteiger partial charge in [-0.15, -0.1) is 10.2 Å². The number of benzene rings is 2. The number of rotatable bonds is 7. The van der Waals surface area contributed by atoms with Gasteiger partial charge in [-0.05, 0) is 61.7 Å². The fourth-order valence-electron chi connectivity index (χ4n) is 3.82. The SMILES string of the molecule is CCCC(=O)Nc1cccc(C(=O)Nc2nnc(C3CC(=O)N(c4ccc(C)c(C)c4)C3)s2)c1. The van der Waals surface area contributed by atoms with Crippen LogP contribution in [-0.2, 0) is 9.59 Å². The van der Waals surface area contributed by atoms with Gasteiger partial charge in [0.15, 0.2) is 0 Å². The van der Waals surface area contributed by atoms with E-state index in [-0.39, 0.29) is 23.6 Å². The number of amides is 3. The predicted octanol–water partition coefficient (Wildman–Crippen LogP) is 4.67. The Morgan fingerprint density at radius 1 is 1.09 bits per heavy atom. The van der Waals surface area contributed by atoms with Crippen LogP contribution >= 0.6 is 11.3 Å². The Morgan fingerprint density at radius 2 is 1.91 bits per heavy atom. The van der Waals surface area contributed by atoms with Gasteiger partial charge in [-0.25, -0.2) is 0 Å². The Hall–Kier alpha value is -3.59. The van der Waals surface area contributed by atoms with E-state index in [4.69, 9.17) is 0 Å². The molecule has 9 heteroatoms. The topological polar surface area (TPSA) is 104 Å². The highest BCUT2D eigenvalue weighted by atomic mass is 32.1. The fraction of sp³-hybridized carbons (Fsp3) is 0.320. The molecule has 176 valence electrons. The van der Waals surface area contributed by atoms with Crippen LogP contribution in [0.3, 0.4) is 0 Å². The molecule has 1 fully saturated rings. The van der Waals surface area contributed by atoms with Crippen LogP contribution in [0.5, 0.6) is 0 Å². The average molecular weight is 478 g/mol. The molecule has 2 aromatic carbocycles. The minimum Gasteiger partial charge on any atom is -0.326 e. The molecule has 0 bridgehead atoms. The number of aryl methyl sites for hydroxylation is 2. The van der Waals surface area contributed by atoms with E-state index in [0.717, 1.165) is 22.7 Å². The summed E-state index contributed by atoms with van der Waals surface area (Å²) in [7, 11) is 0. The van der Waals surface area contributed by atoms with Gasteiger partial charge in [-0.1, -0.05) is 30.4 Å². The zero-order valence-corrected chi connectivity index (χ0v) is 20.2. The largest absolute Gasteiger partial charge is 0.326 e. The average Bonchev–Trinajstić information content (AvgIpc) is 3.42. The van der Waals surface area contributed by atoms with Crippen molar-refractivity contribution in [3.8, 4) is 0 Å². The number of hydrogen-bond donors (Lipinski definition) is 2. The number of nitrogens with zero attached hydrogens (tertiary/aromatic N) is 3. The zero-order valence-electron chi connectivity index (χ0n) is 19.4. The van der Waals surface area contributed by atoms with Gasteiger partial charge in [0.2, 0.25) is 16.9 Å². The van der Waals surface area contributed by atoms with Gasteiger partial charge in [0.1, 0.15) is 5.01 Å². The third-order valence-electron chi connectivity index (χ3n) is 5.82. The van der Waals surface area contributed by atoms with Crippen LogP contribution in [-0.4, -0.2) is 34.5 Å². The monoisotopic (exact) mass is 477 g/mol. The van der Waals surface area contributed by atoms with Crippen molar-refractivity contribution >= 4 is 45.6 Å². The molecule has 1 aliphatic heterocycles. The zero-order chi connectivity index (χ0) is 24.2. The van der Waals surface area contributed by atoms with E-state index in [1.165, 1.54) is 16.9 Å². The first kappa shape index (κ1) is 23.6.